The fourth-order valence-electron chi connectivity index (χ4n) is 1.91. The Kier molecular flexibility index (Phi) is 5.26. The lowest BCUT2D eigenvalue weighted by atomic mass is 10.1. The number of carbonyl (C=O) groups excluding carboxylic acids is 1. The number of nitrogens with one attached hydrogen (secondary N) is 1. The Balaban J connectivity index is 2.27. The van der Waals surface area contributed by atoms with Crippen molar-refractivity contribution >= 4 is 17.7 Å². The van der Waals surface area contributed by atoms with E-state index in [0.717, 1.165) is 0 Å². The van der Waals surface area contributed by atoms with Crippen molar-refractivity contribution in [3.8, 4) is 17.4 Å². The molecule has 0 bridgehead atoms. The third-order valence-corrected chi connectivity index (χ3v) is 3.03. The van der Waals surface area contributed by atoms with Gasteiger partial charge in [0, 0.05) is 30.3 Å². The van der Waals surface area contributed by atoms with Gasteiger partial charge in [0.25, 0.3) is 11.6 Å². The van der Waals surface area contributed by atoms with Gasteiger partial charge in [-0.25, -0.2) is 0 Å². The highest BCUT2D eigenvalue weighted by Crippen LogP contribution is 2.26. The predicted molar refractivity (Wildman–Crippen MR) is 87.6 cm³/mol. The largest absolute Gasteiger partial charge is 0.457 e. The molecule has 1 aromatic heterocycles. The lowest BCUT2D eigenvalue weighted by Crippen LogP contribution is -2.24. The number of furan rings is 1. The molecule has 0 aliphatic rings. The van der Waals surface area contributed by atoms with Gasteiger partial charge in [-0.05, 0) is 12.1 Å². The molecule has 0 atom stereocenters. The maximum atomic E-state index is 11.8. The molecule has 7 heteroatoms. The quantitative estimate of drug-likeness (QED) is 0.289. The van der Waals surface area contributed by atoms with Crippen LogP contribution in [0.25, 0.3) is 17.4 Å². The molecule has 7 nitrogen and oxygen atoms in total. The summed E-state index contributed by atoms with van der Waals surface area (Å²) in [6, 6.07) is 11.0. The van der Waals surface area contributed by atoms with E-state index in [0.29, 0.717) is 17.1 Å². The average Bonchev–Trinajstić information content (AvgIpc) is 3.06. The number of benzene rings is 1. The van der Waals surface area contributed by atoms with E-state index in [-0.39, 0.29) is 17.8 Å². The summed E-state index contributed by atoms with van der Waals surface area (Å²) in [5.74, 6) is 0.154. The molecule has 2 aromatic rings. The molecule has 1 amide bonds. The molecule has 0 saturated carbocycles. The number of carbonyl (C=O) groups is 1. The molecule has 0 fully saturated rings. The number of hydrogen-bond donors (Lipinski definition) is 1. The van der Waals surface area contributed by atoms with Gasteiger partial charge < -0.3 is 9.73 Å². The van der Waals surface area contributed by atoms with Crippen LogP contribution >= 0.6 is 0 Å². The van der Waals surface area contributed by atoms with Crippen LogP contribution in [0.4, 0.5) is 5.69 Å². The van der Waals surface area contributed by atoms with Crippen LogP contribution in [0.2, 0.25) is 0 Å². The van der Waals surface area contributed by atoms with E-state index >= 15 is 0 Å². The van der Waals surface area contributed by atoms with Crippen molar-refractivity contribution in [1.29, 1.82) is 5.26 Å². The lowest BCUT2D eigenvalue weighted by Gasteiger charge is -1.99. The van der Waals surface area contributed by atoms with Crippen LogP contribution in [0.5, 0.6) is 0 Å². The number of hydrogen-bond acceptors (Lipinski definition) is 5. The van der Waals surface area contributed by atoms with E-state index in [1.165, 1.54) is 24.3 Å². The maximum absolute atomic E-state index is 11.8. The Morgan fingerprint density at radius 3 is 2.88 bits per heavy atom. The first-order chi connectivity index (χ1) is 11.5. The monoisotopic (exact) mass is 323 g/mol. The minimum atomic E-state index is -0.536. The average molecular weight is 323 g/mol. The predicted octanol–water partition coefficient (Wildman–Crippen LogP) is 3.06. The standard InChI is InChI=1S/C17H13N3O4/c1-2-8-19-17(21)13(11-18)10-15-6-7-16(24-15)12-4-3-5-14(9-12)20(22)23/h2-7,9-10H,1,8H2,(H,19,21). The van der Waals surface area contributed by atoms with Crippen LogP contribution in [0.1, 0.15) is 5.76 Å². The van der Waals surface area contributed by atoms with E-state index in [1.54, 1.807) is 30.3 Å². The van der Waals surface area contributed by atoms with Gasteiger partial charge in [-0.2, -0.15) is 5.26 Å². The van der Waals surface area contributed by atoms with Crippen LogP contribution in [-0.4, -0.2) is 17.4 Å². The van der Waals surface area contributed by atoms with Crippen molar-refractivity contribution in [2.24, 2.45) is 0 Å². The van der Waals surface area contributed by atoms with Gasteiger partial charge in [-0.15, -0.1) is 6.58 Å². The van der Waals surface area contributed by atoms with Crippen molar-refractivity contribution in [2.45, 2.75) is 0 Å². The third kappa shape index (κ3) is 3.96. The summed E-state index contributed by atoms with van der Waals surface area (Å²) in [5, 5.41) is 22.4. The van der Waals surface area contributed by atoms with Crippen molar-refractivity contribution in [1.82, 2.24) is 5.32 Å². The molecule has 0 radical (unpaired) electrons. The molecule has 1 heterocycles. The molecular weight excluding hydrogens is 310 g/mol. The summed E-state index contributed by atoms with van der Waals surface area (Å²) in [5.41, 5.74) is 0.359. The zero-order valence-electron chi connectivity index (χ0n) is 12.6. The van der Waals surface area contributed by atoms with E-state index in [4.69, 9.17) is 9.68 Å². The van der Waals surface area contributed by atoms with E-state index in [9.17, 15) is 14.9 Å². The van der Waals surface area contributed by atoms with Gasteiger partial charge in [-0.3, -0.25) is 14.9 Å². The number of nitriles is 1. The highest BCUT2D eigenvalue weighted by molar-refractivity contribution is 6.01. The summed E-state index contributed by atoms with van der Waals surface area (Å²) in [6.07, 6.45) is 2.81. The fraction of sp³-hybridized carbons (Fsp3) is 0.0588. The summed E-state index contributed by atoms with van der Waals surface area (Å²) in [4.78, 5) is 22.1. The highest BCUT2D eigenvalue weighted by Gasteiger charge is 2.12. The number of nitrogens with zero attached hydrogens (tertiary/aromatic N) is 2. The summed E-state index contributed by atoms with van der Waals surface area (Å²) >= 11 is 0. The first-order valence-corrected chi connectivity index (χ1v) is 6.90. The van der Waals surface area contributed by atoms with Crippen LogP contribution in [0, 0.1) is 21.4 Å². The van der Waals surface area contributed by atoms with Crippen molar-refractivity contribution in [3.05, 3.63) is 70.5 Å². The molecule has 0 spiro atoms. The first-order valence-electron chi connectivity index (χ1n) is 6.90. The lowest BCUT2D eigenvalue weighted by molar-refractivity contribution is -0.384. The fourth-order valence-corrected chi connectivity index (χ4v) is 1.91. The van der Waals surface area contributed by atoms with Gasteiger partial charge >= 0.3 is 0 Å². The second kappa shape index (κ2) is 7.56. The summed E-state index contributed by atoms with van der Waals surface area (Å²) in [6.45, 7) is 3.72. The van der Waals surface area contributed by atoms with E-state index < -0.39 is 10.8 Å². The van der Waals surface area contributed by atoms with Gasteiger partial charge in [0.15, 0.2) is 0 Å². The highest BCUT2D eigenvalue weighted by atomic mass is 16.6. The number of amides is 1. The molecule has 120 valence electrons. The minimum Gasteiger partial charge on any atom is -0.457 e. The summed E-state index contributed by atoms with van der Waals surface area (Å²) < 4.78 is 5.54. The molecular formula is C17H13N3O4. The molecule has 1 aromatic carbocycles. The molecule has 1 N–H and O–H groups in total. The van der Waals surface area contributed by atoms with Crippen molar-refractivity contribution < 1.29 is 14.1 Å². The topological polar surface area (TPSA) is 109 Å². The summed E-state index contributed by atoms with van der Waals surface area (Å²) in [7, 11) is 0. The number of non-ortho nitro benzene ring substituents is 1. The minimum absolute atomic E-state index is 0.0532. The normalized spacial score (nSPS) is 10.7. The van der Waals surface area contributed by atoms with Crippen LogP contribution < -0.4 is 5.32 Å². The van der Waals surface area contributed by atoms with Crippen LogP contribution in [0.15, 0.2) is 59.0 Å². The van der Waals surface area contributed by atoms with E-state index in [1.807, 2.05) is 0 Å². The molecule has 0 unspecified atom stereocenters. The van der Waals surface area contributed by atoms with Gasteiger partial charge in [0.05, 0.1) is 4.92 Å². The van der Waals surface area contributed by atoms with Crippen molar-refractivity contribution in [3.63, 3.8) is 0 Å². The van der Waals surface area contributed by atoms with Crippen LogP contribution in [0.3, 0.4) is 0 Å². The molecule has 24 heavy (non-hydrogen) atoms. The Morgan fingerprint density at radius 1 is 1.42 bits per heavy atom. The molecule has 0 aliphatic carbocycles. The Labute approximate surface area is 137 Å². The van der Waals surface area contributed by atoms with Crippen LogP contribution in [-0.2, 0) is 4.79 Å². The number of rotatable bonds is 6. The van der Waals surface area contributed by atoms with Crippen molar-refractivity contribution in [2.75, 3.05) is 6.54 Å². The smallest absolute Gasteiger partial charge is 0.270 e. The van der Waals surface area contributed by atoms with Gasteiger partial charge in [0.1, 0.15) is 23.2 Å². The zero-order valence-corrected chi connectivity index (χ0v) is 12.6. The van der Waals surface area contributed by atoms with E-state index in [2.05, 4.69) is 11.9 Å². The first kappa shape index (κ1) is 16.7. The Bertz CT molecular complexity index is 859. The second-order valence-corrected chi connectivity index (χ2v) is 4.68. The Morgan fingerprint density at radius 2 is 2.21 bits per heavy atom. The second-order valence-electron chi connectivity index (χ2n) is 4.68. The maximum Gasteiger partial charge on any atom is 0.270 e. The number of nitro benzene ring substituents is 1. The molecule has 0 saturated heterocycles. The molecule has 0 aliphatic heterocycles. The van der Waals surface area contributed by atoms with Gasteiger partial charge in [-0.1, -0.05) is 18.2 Å². The Hall–Kier alpha value is -3.66. The number of nitro groups is 1. The molecule has 2 rings (SSSR count). The third-order valence-electron chi connectivity index (χ3n) is 3.03. The van der Waals surface area contributed by atoms with Gasteiger partial charge in [0.2, 0.25) is 0 Å². The zero-order chi connectivity index (χ0) is 17.5. The SMILES string of the molecule is C=CCNC(=O)C(C#N)=Cc1ccc(-c2cccc([N+](=O)[O-])c2)o1.